The van der Waals surface area contributed by atoms with Crippen LogP contribution in [0.15, 0.2) is 11.6 Å². The van der Waals surface area contributed by atoms with E-state index in [0.29, 0.717) is 19.5 Å². The van der Waals surface area contributed by atoms with Crippen LogP contribution in [0.2, 0.25) is 0 Å². The van der Waals surface area contributed by atoms with Gasteiger partial charge >= 0.3 is 0 Å². The highest BCUT2D eigenvalue weighted by Gasteiger charge is 2.43. The van der Waals surface area contributed by atoms with E-state index in [1.54, 1.807) is 12.0 Å². The largest absolute Gasteiger partial charge is 0.380 e. The molecule has 0 N–H and O–H groups in total. The summed E-state index contributed by atoms with van der Waals surface area (Å²) >= 11 is 0. The number of hydrogen-bond donors (Lipinski definition) is 0. The average Bonchev–Trinajstić information content (AvgIpc) is 2.83. The van der Waals surface area contributed by atoms with Crippen LogP contribution in [-0.4, -0.2) is 68.7 Å². The highest BCUT2D eigenvalue weighted by molar-refractivity contribution is 7.88. The molecule has 0 aromatic carbocycles. The molecule has 0 aliphatic carbocycles. The van der Waals surface area contributed by atoms with Gasteiger partial charge in [0.25, 0.3) is 0 Å². The Morgan fingerprint density at radius 1 is 1.45 bits per heavy atom. The maximum absolute atomic E-state index is 12.6. The van der Waals surface area contributed by atoms with E-state index in [1.165, 1.54) is 9.88 Å². The van der Waals surface area contributed by atoms with E-state index in [1.807, 2.05) is 13.0 Å². The Hall–Kier alpha value is -0.920. The summed E-state index contributed by atoms with van der Waals surface area (Å²) < 4.78 is 30.2. The van der Waals surface area contributed by atoms with Crippen LogP contribution in [0.3, 0.4) is 0 Å². The molecule has 0 unspecified atom stereocenters. The number of hydrogen-bond acceptors (Lipinski definition) is 4. The van der Waals surface area contributed by atoms with E-state index < -0.39 is 16.1 Å². The molecule has 2 aliphatic rings. The third-order valence-electron chi connectivity index (χ3n) is 4.01. The topological polar surface area (TPSA) is 66.9 Å². The second kappa shape index (κ2) is 5.83. The number of ether oxygens (including phenoxy) is 1. The van der Waals surface area contributed by atoms with E-state index >= 15 is 0 Å². The second-order valence-corrected chi connectivity index (χ2v) is 7.46. The van der Waals surface area contributed by atoms with Gasteiger partial charge in [-0.15, -0.1) is 0 Å². The van der Waals surface area contributed by atoms with Gasteiger partial charge in [0.15, 0.2) is 0 Å². The molecule has 1 amide bonds. The third-order valence-corrected chi connectivity index (χ3v) is 5.27. The van der Waals surface area contributed by atoms with Crippen molar-refractivity contribution in [2.75, 3.05) is 33.0 Å². The highest BCUT2D eigenvalue weighted by atomic mass is 32.2. The van der Waals surface area contributed by atoms with Crippen molar-refractivity contribution >= 4 is 15.9 Å². The van der Waals surface area contributed by atoms with Crippen LogP contribution in [0.25, 0.3) is 0 Å². The van der Waals surface area contributed by atoms with Crippen molar-refractivity contribution in [2.24, 2.45) is 0 Å². The molecule has 1 fully saturated rings. The van der Waals surface area contributed by atoms with Gasteiger partial charge in [-0.1, -0.05) is 11.6 Å². The fourth-order valence-electron chi connectivity index (χ4n) is 2.71. The highest BCUT2D eigenvalue weighted by Crippen LogP contribution is 2.25. The van der Waals surface area contributed by atoms with Gasteiger partial charge < -0.3 is 9.64 Å². The SMILES string of the molecule is CO[C@H]1C[C@H](C(=O)N2CC=C(C)CC2)N(S(C)(=O)=O)C1. The van der Waals surface area contributed by atoms with Crippen molar-refractivity contribution in [1.29, 1.82) is 0 Å². The van der Waals surface area contributed by atoms with Crippen LogP contribution in [0.1, 0.15) is 19.8 Å². The quantitative estimate of drug-likeness (QED) is 0.699. The van der Waals surface area contributed by atoms with Gasteiger partial charge in [0.05, 0.1) is 12.4 Å². The summed E-state index contributed by atoms with van der Waals surface area (Å²) in [7, 11) is -1.85. The van der Waals surface area contributed by atoms with Gasteiger partial charge in [-0.05, 0) is 13.3 Å². The zero-order chi connectivity index (χ0) is 14.9. The smallest absolute Gasteiger partial charge is 0.241 e. The van der Waals surface area contributed by atoms with Crippen molar-refractivity contribution < 1.29 is 17.9 Å². The molecule has 0 saturated carbocycles. The van der Waals surface area contributed by atoms with Crippen molar-refractivity contribution in [3.05, 3.63) is 11.6 Å². The van der Waals surface area contributed by atoms with E-state index in [-0.39, 0.29) is 18.6 Å². The second-order valence-electron chi connectivity index (χ2n) is 5.53. The molecule has 2 rings (SSSR count). The Labute approximate surface area is 120 Å². The lowest BCUT2D eigenvalue weighted by atomic mass is 10.1. The Morgan fingerprint density at radius 2 is 2.15 bits per heavy atom. The number of rotatable bonds is 3. The molecule has 0 aromatic heterocycles. The molecule has 0 bridgehead atoms. The Morgan fingerprint density at radius 3 is 2.65 bits per heavy atom. The molecular formula is C13H22N2O4S. The molecule has 114 valence electrons. The summed E-state index contributed by atoms with van der Waals surface area (Å²) in [6.07, 6.45) is 4.24. The number of carbonyl (C=O) groups excluding carboxylic acids is 1. The maximum Gasteiger partial charge on any atom is 0.241 e. The van der Waals surface area contributed by atoms with Crippen molar-refractivity contribution in [3.8, 4) is 0 Å². The molecule has 0 spiro atoms. The van der Waals surface area contributed by atoms with E-state index in [0.717, 1.165) is 12.7 Å². The van der Waals surface area contributed by atoms with Gasteiger partial charge in [-0.25, -0.2) is 8.42 Å². The Bertz CT molecular complexity index is 514. The molecule has 20 heavy (non-hydrogen) atoms. The normalized spacial score (nSPS) is 28.6. The summed E-state index contributed by atoms with van der Waals surface area (Å²) in [5.74, 6) is -0.112. The van der Waals surface area contributed by atoms with Crippen molar-refractivity contribution in [2.45, 2.75) is 31.9 Å². The first-order valence-electron chi connectivity index (χ1n) is 6.77. The van der Waals surface area contributed by atoms with Crippen LogP contribution in [0, 0.1) is 0 Å². The van der Waals surface area contributed by atoms with Gasteiger partial charge in [0.1, 0.15) is 6.04 Å². The van der Waals surface area contributed by atoms with Gasteiger partial charge in [0, 0.05) is 33.2 Å². The number of nitrogens with zero attached hydrogens (tertiary/aromatic N) is 2. The maximum atomic E-state index is 12.6. The molecule has 2 atom stereocenters. The van der Waals surface area contributed by atoms with Crippen molar-refractivity contribution in [3.63, 3.8) is 0 Å². The molecule has 0 radical (unpaired) electrons. The predicted octanol–water partition coefficient (Wildman–Crippen LogP) is 0.214. The zero-order valence-corrected chi connectivity index (χ0v) is 13.0. The van der Waals surface area contributed by atoms with Crippen molar-refractivity contribution in [1.82, 2.24) is 9.21 Å². The number of sulfonamides is 1. The van der Waals surface area contributed by atoms with Crippen LogP contribution in [0.5, 0.6) is 0 Å². The van der Waals surface area contributed by atoms with Crippen LogP contribution in [-0.2, 0) is 19.6 Å². The molecule has 0 aromatic rings. The van der Waals surface area contributed by atoms with Gasteiger partial charge in [-0.2, -0.15) is 4.31 Å². The summed E-state index contributed by atoms with van der Waals surface area (Å²) in [5, 5.41) is 0. The summed E-state index contributed by atoms with van der Waals surface area (Å²) in [6, 6.07) is -0.623. The predicted molar refractivity (Wildman–Crippen MR) is 75.7 cm³/mol. The Balaban J connectivity index is 2.15. The monoisotopic (exact) mass is 302 g/mol. The van der Waals surface area contributed by atoms with Gasteiger partial charge in [-0.3, -0.25) is 4.79 Å². The van der Waals surface area contributed by atoms with Crippen LogP contribution >= 0.6 is 0 Å². The lowest BCUT2D eigenvalue weighted by molar-refractivity contribution is -0.134. The van der Waals surface area contributed by atoms with Crippen LogP contribution in [0.4, 0.5) is 0 Å². The standard InChI is InChI=1S/C13H22N2O4S/c1-10-4-6-14(7-5-10)13(16)12-8-11(19-2)9-15(12)20(3,17)18/h4,11-12H,5-9H2,1-3H3/t11-,12+/m0/s1. The molecular weight excluding hydrogens is 280 g/mol. The molecule has 2 heterocycles. The molecule has 1 saturated heterocycles. The fourth-order valence-corrected chi connectivity index (χ4v) is 3.79. The lowest BCUT2D eigenvalue weighted by Crippen LogP contribution is -2.48. The van der Waals surface area contributed by atoms with Gasteiger partial charge in [0.2, 0.25) is 15.9 Å². The first kappa shape index (κ1) is 15.5. The van der Waals surface area contributed by atoms with E-state index in [4.69, 9.17) is 4.74 Å². The number of methoxy groups -OCH3 is 1. The molecule has 7 heteroatoms. The Kier molecular flexibility index (Phi) is 4.51. The summed E-state index contributed by atoms with van der Waals surface area (Å²) in [4.78, 5) is 14.3. The lowest BCUT2D eigenvalue weighted by Gasteiger charge is -2.30. The minimum atomic E-state index is -3.40. The minimum Gasteiger partial charge on any atom is -0.380 e. The zero-order valence-electron chi connectivity index (χ0n) is 12.2. The van der Waals surface area contributed by atoms with Crippen LogP contribution < -0.4 is 0 Å². The molecule has 2 aliphatic heterocycles. The number of carbonyl (C=O) groups is 1. The van der Waals surface area contributed by atoms with E-state index in [9.17, 15) is 13.2 Å². The first-order chi connectivity index (χ1) is 9.32. The summed E-state index contributed by atoms with van der Waals surface area (Å²) in [5.41, 5.74) is 1.27. The summed E-state index contributed by atoms with van der Waals surface area (Å²) in [6.45, 7) is 3.53. The average molecular weight is 302 g/mol. The minimum absolute atomic E-state index is 0.112. The number of amides is 1. The van der Waals surface area contributed by atoms with E-state index in [2.05, 4.69) is 0 Å². The fraction of sp³-hybridized carbons (Fsp3) is 0.769. The third kappa shape index (κ3) is 3.21. The first-order valence-corrected chi connectivity index (χ1v) is 8.61. The molecule has 6 nitrogen and oxygen atoms in total.